The quantitative estimate of drug-likeness (QED) is 0.499. The Kier molecular flexibility index (Phi) is 5.78. The molecule has 0 saturated heterocycles. The summed E-state index contributed by atoms with van der Waals surface area (Å²) in [4.78, 5) is 23.4. The molecule has 104 valence electrons. The molecule has 1 aromatic carbocycles. The van der Waals surface area contributed by atoms with E-state index in [0.717, 1.165) is 16.7 Å². The van der Waals surface area contributed by atoms with Crippen LogP contribution in [0.3, 0.4) is 0 Å². The number of carbonyl (C=O) groups is 2. The molecule has 0 aliphatic heterocycles. The van der Waals surface area contributed by atoms with E-state index < -0.39 is 0 Å². The number of alkyl halides is 1. The monoisotopic (exact) mass is 375 g/mol. The van der Waals surface area contributed by atoms with Crippen molar-refractivity contribution < 1.29 is 14.3 Å². The molecule has 5 heteroatoms. The van der Waals surface area contributed by atoms with Crippen LogP contribution >= 0.6 is 22.6 Å². The summed E-state index contributed by atoms with van der Waals surface area (Å²) >= 11 is 1.95. The van der Waals surface area contributed by atoms with Gasteiger partial charge in [-0.25, -0.2) is 0 Å². The van der Waals surface area contributed by atoms with Gasteiger partial charge in [0, 0.05) is 12.1 Å². The Morgan fingerprint density at radius 2 is 1.79 bits per heavy atom. The Morgan fingerprint density at radius 1 is 1.26 bits per heavy atom. The fourth-order valence-electron chi connectivity index (χ4n) is 2.02. The van der Waals surface area contributed by atoms with E-state index in [1.54, 1.807) is 0 Å². The lowest BCUT2D eigenvalue weighted by Gasteiger charge is -2.13. The summed E-state index contributed by atoms with van der Waals surface area (Å²) in [6.07, 6.45) is 0. The number of esters is 1. The predicted octanol–water partition coefficient (Wildman–Crippen LogP) is 2.32. The fraction of sp³-hybridized carbons (Fsp3) is 0.429. The molecule has 0 radical (unpaired) electrons. The molecule has 1 rings (SSSR count). The number of hydrogen-bond acceptors (Lipinski definition) is 3. The summed E-state index contributed by atoms with van der Waals surface area (Å²) in [5, 5.41) is 2.77. The number of benzene rings is 1. The molecule has 0 aliphatic rings. The molecule has 0 bridgehead atoms. The highest BCUT2D eigenvalue weighted by Gasteiger charge is 2.18. The maximum absolute atomic E-state index is 12.1. The first-order chi connectivity index (χ1) is 8.86. The summed E-state index contributed by atoms with van der Waals surface area (Å²) in [5.41, 5.74) is 3.70. The number of amides is 1. The van der Waals surface area contributed by atoms with E-state index in [4.69, 9.17) is 0 Å². The minimum atomic E-state index is -0.377. The number of hydrogen-bond donors (Lipinski definition) is 1. The first-order valence-electron chi connectivity index (χ1n) is 5.94. The van der Waals surface area contributed by atoms with Crippen molar-refractivity contribution in [1.29, 1.82) is 0 Å². The van der Waals surface area contributed by atoms with Gasteiger partial charge in [-0.05, 0) is 31.9 Å². The molecule has 0 saturated carbocycles. The molecule has 0 heterocycles. The topological polar surface area (TPSA) is 55.4 Å². The molecule has 4 nitrogen and oxygen atoms in total. The van der Waals surface area contributed by atoms with Crippen LogP contribution < -0.4 is 5.32 Å². The standard InChI is InChI=1S/C14H18INO3/c1-8-5-9(2)12(10(3)6-8)13(17)16-7-11(15)14(18)19-4/h5-6,11H,7H2,1-4H3,(H,16,17). The van der Waals surface area contributed by atoms with Crippen molar-refractivity contribution in [3.05, 3.63) is 34.4 Å². The molecular weight excluding hydrogens is 357 g/mol. The first kappa shape index (κ1) is 15.9. The maximum Gasteiger partial charge on any atom is 0.320 e. The van der Waals surface area contributed by atoms with Crippen LogP contribution in [-0.4, -0.2) is 29.5 Å². The lowest BCUT2D eigenvalue weighted by molar-refractivity contribution is -0.139. The van der Waals surface area contributed by atoms with Gasteiger partial charge < -0.3 is 10.1 Å². The van der Waals surface area contributed by atoms with Gasteiger partial charge in [-0.2, -0.15) is 0 Å². The first-order valence-corrected chi connectivity index (χ1v) is 7.19. The number of methoxy groups -OCH3 is 1. The van der Waals surface area contributed by atoms with Gasteiger partial charge in [0.1, 0.15) is 3.92 Å². The van der Waals surface area contributed by atoms with Gasteiger partial charge in [0.15, 0.2) is 0 Å². The highest BCUT2D eigenvalue weighted by molar-refractivity contribution is 14.1. The highest BCUT2D eigenvalue weighted by Crippen LogP contribution is 2.16. The van der Waals surface area contributed by atoms with Crippen LogP contribution in [0.15, 0.2) is 12.1 Å². The second kappa shape index (κ2) is 6.88. The molecule has 1 N–H and O–H groups in total. The van der Waals surface area contributed by atoms with Gasteiger partial charge in [-0.15, -0.1) is 0 Å². The molecule has 1 atom stereocenters. The molecule has 0 aliphatic carbocycles. The van der Waals surface area contributed by atoms with Gasteiger partial charge in [0.25, 0.3) is 5.91 Å². The predicted molar refractivity (Wildman–Crippen MR) is 82.8 cm³/mol. The van der Waals surface area contributed by atoms with Crippen molar-refractivity contribution in [2.45, 2.75) is 24.7 Å². The number of aryl methyl sites for hydroxylation is 3. The van der Waals surface area contributed by atoms with E-state index in [-0.39, 0.29) is 22.3 Å². The third-order valence-corrected chi connectivity index (χ3v) is 3.75. The molecular formula is C14H18INO3. The van der Waals surface area contributed by atoms with E-state index in [2.05, 4.69) is 10.1 Å². The zero-order valence-corrected chi connectivity index (χ0v) is 13.7. The average molecular weight is 375 g/mol. The fourth-order valence-corrected chi connectivity index (χ4v) is 2.49. The Balaban J connectivity index is 2.77. The third kappa shape index (κ3) is 4.19. The SMILES string of the molecule is COC(=O)C(I)CNC(=O)c1c(C)cc(C)cc1C. The number of nitrogens with one attached hydrogen (secondary N) is 1. The molecule has 1 unspecified atom stereocenters. The van der Waals surface area contributed by atoms with E-state index in [1.807, 2.05) is 55.5 Å². The van der Waals surface area contributed by atoms with Crippen LogP contribution in [0.1, 0.15) is 27.0 Å². The molecule has 19 heavy (non-hydrogen) atoms. The molecule has 1 amide bonds. The Labute approximate surface area is 127 Å². The van der Waals surface area contributed by atoms with Gasteiger partial charge in [-0.1, -0.05) is 40.3 Å². The minimum Gasteiger partial charge on any atom is -0.468 e. The van der Waals surface area contributed by atoms with E-state index in [9.17, 15) is 9.59 Å². The van der Waals surface area contributed by atoms with Gasteiger partial charge in [0.05, 0.1) is 7.11 Å². The van der Waals surface area contributed by atoms with E-state index in [1.165, 1.54) is 7.11 Å². The highest BCUT2D eigenvalue weighted by atomic mass is 127. The Morgan fingerprint density at radius 3 is 2.26 bits per heavy atom. The molecule has 0 spiro atoms. The number of ether oxygens (including phenoxy) is 1. The van der Waals surface area contributed by atoms with Crippen LogP contribution in [0.25, 0.3) is 0 Å². The summed E-state index contributed by atoms with van der Waals surface area (Å²) in [6.45, 7) is 6.09. The van der Waals surface area contributed by atoms with E-state index >= 15 is 0 Å². The summed E-state index contributed by atoms with van der Waals surface area (Å²) in [5.74, 6) is -0.487. The van der Waals surface area contributed by atoms with Crippen molar-refractivity contribution in [3.63, 3.8) is 0 Å². The normalized spacial score (nSPS) is 11.8. The average Bonchev–Trinajstić information content (AvgIpc) is 2.33. The minimum absolute atomic E-state index is 0.152. The maximum atomic E-state index is 12.1. The van der Waals surface area contributed by atoms with Crippen LogP contribution in [0, 0.1) is 20.8 Å². The lowest BCUT2D eigenvalue weighted by atomic mass is 9.99. The summed E-state index contributed by atoms with van der Waals surface area (Å²) < 4.78 is 4.24. The van der Waals surface area contributed by atoms with Crippen molar-refractivity contribution in [2.75, 3.05) is 13.7 Å². The second-order valence-corrected chi connectivity index (χ2v) is 5.98. The summed E-state index contributed by atoms with van der Waals surface area (Å²) in [7, 11) is 1.34. The smallest absolute Gasteiger partial charge is 0.320 e. The molecule has 1 aromatic rings. The van der Waals surface area contributed by atoms with Crippen LogP contribution in [-0.2, 0) is 9.53 Å². The summed E-state index contributed by atoms with van der Waals surface area (Å²) in [6, 6.07) is 3.95. The van der Waals surface area contributed by atoms with Gasteiger partial charge in [0.2, 0.25) is 0 Å². The van der Waals surface area contributed by atoms with Crippen LogP contribution in [0.2, 0.25) is 0 Å². The van der Waals surface area contributed by atoms with Gasteiger partial charge >= 0.3 is 5.97 Å². The van der Waals surface area contributed by atoms with Crippen LogP contribution in [0.4, 0.5) is 0 Å². The van der Waals surface area contributed by atoms with Crippen molar-refractivity contribution in [2.24, 2.45) is 0 Å². The van der Waals surface area contributed by atoms with E-state index in [0.29, 0.717) is 5.56 Å². The number of carbonyl (C=O) groups excluding carboxylic acids is 2. The Hall–Kier alpha value is -1.11. The lowest BCUT2D eigenvalue weighted by Crippen LogP contribution is -2.34. The number of rotatable bonds is 4. The van der Waals surface area contributed by atoms with Gasteiger partial charge in [-0.3, -0.25) is 9.59 Å². The zero-order chi connectivity index (χ0) is 14.6. The Bertz CT molecular complexity index is 476. The third-order valence-electron chi connectivity index (χ3n) is 2.80. The number of halogens is 1. The zero-order valence-electron chi connectivity index (χ0n) is 11.5. The van der Waals surface area contributed by atoms with Crippen LogP contribution in [0.5, 0.6) is 0 Å². The van der Waals surface area contributed by atoms with Crippen molar-refractivity contribution in [1.82, 2.24) is 5.32 Å². The molecule has 0 fully saturated rings. The van der Waals surface area contributed by atoms with Crippen molar-refractivity contribution >= 4 is 34.5 Å². The van der Waals surface area contributed by atoms with Crippen molar-refractivity contribution in [3.8, 4) is 0 Å². The second-order valence-electron chi connectivity index (χ2n) is 4.47. The largest absolute Gasteiger partial charge is 0.468 e. The molecule has 0 aromatic heterocycles.